The highest BCUT2D eigenvalue weighted by Gasteiger charge is 2.00. The maximum Gasteiger partial charge on any atom is 0.168 e. The number of nitrogens with one attached hydrogen (secondary N) is 1. The van der Waals surface area contributed by atoms with Crippen LogP contribution in [0, 0.1) is 6.92 Å². The Morgan fingerprint density at radius 3 is 2.93 bits per heavy atom. The summed E-state index contributed by atoms with van der Waals surface area (Å²) in [6, 6.07) is 7.74. The van der Waals surface area contributed by atoms with Gasteiger partial charge in [-0.2, -0.15) is 5.10 Å². The minimum absolute atomic E-state index is 0.750. The second-order valence-corrected chi connectivity index (χ2v) is 2.94. The highest BCUT2D eigenvalue weighted by Crippen LogP contribution is 2.08. The molecule has 71 valence electrons. The standard InChI is InChI=1S/C10H11N4/c1-8-4-3-5-9(6-8)14-12-7-10(11-2)13-14/h3-7H,1H2,2H3,(H,11,13). The number of anilines is 1. The van der Waals surface area contributed by atoms with Crippen LogP contribution in [0.4, 0.5) is 5.82 Å². The monoisotopic (exact) mass is 187 g/mol. The predicted octanol–water partition coefficient (Wildman–Crippen LogP) is 1.49. The van der Waals surface area contributed by atoms with Crippen LogP contribution >= 0.6 is 0 Å². The number of hydrogen-bond acceptors (Lipinski definition) is 3. The SMILES string of the molecule is [CH2]c1cccc(-n2ncc(NC)n2)c1. The van der Waals surface area contributed by atoms with Crippen LogP contribution in [0.3, 0.4) is 0 Å². The second kappa shape index (κ2) is 3.49. The van der Waals surface area contributed by atoms with Gasteiger partial charge in [-0.3, -0.25) is 0 Å². The fraction of sp³-hybridized carbons (Fsp3) is 0.100. The molecule has 0 fully saturated rings. The van der Waals surface area contributed by atoms with E-state index in [1.807, 2.05) is 31.3 Å². The van der Waals surface area contributed by atoms with Crippen molar-refractivity contribution < 1.29 is 0 Å². The Morgan fingerprint density at radius 2 is 2.29 bits per heavy atom. The third-order valence-electron chi connectivity index (χ3n) is 1.89. The molecule has 0 unspecified atom stereocenters. The van der Waals surface area contributed by atoms with E-state index in [0.717, 1.165) is 17.1 Å². The highest BCUT2D eigenvalue weighted by atomic mass is 15.5. The summed E-state index contributed by atoms with van der Waals surface area (Å²) >= 11 is 0. The molecule has 14 heavy (non-hydrogen) atoms. The summed E-state index contributed by atoms with van der Waals surface area (Å²) in [7, 11) is 1.81. The summed E-state index contributed by atoms with van der Waals surface area (Å²) in [5, 5.41) is 11.2. The fourth-order valence-corrected chi connectivity index (χ4v) is 1.18. The van der Waals surface area contributed by atoms with Crippen LogP contribution in [0.25, 0.3) is 5.69 Å². The molecular weight excluding hydrogens is 176 g/mol. The molecule has 1 heterocycles. The Morgan fingerprint density at radius 1 is 1.43 bits per heavy atom. The van der Waals surface area contributed by atoms with E-state index in [-0.39, 0.29) is 0 Å². The predicted molar refractivity (Wildman–Crippen MR) is 55.4 cm³/mol. The Balaban J connectivity index is 2.39. The molecule has 0 saturated heterocycles. The van der Waals surface area contributed by atoms with Crippen molar-refractivity contribution in [1.29, 1.82) is 0 Å². The first-order valence-corrected chi connectivity index (χ1v) is 4.32. The van der Waals surface area contributed by atoms with Crippen molar-refractivity contribution in [3.8, 4) is 5.69 Å². The molecule has 1 aromatic carbocycles. The zero-order valence-electron chi connectivity index (χ0n) is 7.94. The van der Waals surface area contributed by atoms with E-state index >= 15 is 0 Å². The van der Waals surface area contributed by atoms with E-state index in [0.29, 0.717) is 0 Å². The molecule has 0 spiro atoms. The van der Waals surface area contributed by atoms with E-state index in [1.54, 1.807) is 11.0 Å². The third kappa shape index (κ3) is 1.59. The summed E-state index contributed by atoms with van der Waals surface area (Å²) in [6.07, 6.45) is 1.68. The van der Waals surface area contributed by atoms with Crippen LogP contribution in [0.5, 0.6) is 0 Å². The van der Waals surface area contributed by atoms with E-state index in [2.05, 4.69) is 22.4 Å². The summed E-state index contributed by atoms with van der Waals surface area (Å²) in [4.78, 5) is 1.57. The van der Waals surface area contributed by atoms with Gasteiger partial charge in [0.1, 0.15) is 0 Å². The summed E-state index contributed by atoms with van der Waals surface area (Å²) < 4.78 is 0. The average Bonchev–Trinajstić information content (AvgIpc) is 2.66. The third-order valence-corrected chi connectivity index (χ3v) is 1.89. The summed E-state index contributed by atoms with van der Waals surface area (Å²) in [5.41, 5.74) is 1.87. The molecule has 0 amide bonds. The lowest BCUT2D eigenvalue weighted by atomic mass is 10.2. The molecule has 2 aromatic rings. The zero-order valence-corrected chi connectivity index (χ0v) is 7.94. The largest absolute Gasteiger partial charge is 0.370 e. The number of nitrogens with zero attached hydrogens (tertiary/aromatic N) is 3. The lowest BCUT2D eigenvalue weighted by molar-refractivity contribution is 0.753. The summed E-state index contributed by atoms with van der Waals surface area (Å²) in [5.74, 6) is 0.750. The Labute approximate surface area is 82.6 Å². The lowest BCUT2D eigenvalue weighted by Crippen LogP contribution is -1.99. The van der Waals surface area contributed by atoms with Crippen molar-refractivity contribution in [2.75, 3.05) is 12.4 Å². The zero-order chi connectivity index (χ0) is 9.97. The van der Waals surface area contributed by atoms with Crippen molar-refractivity contribution in [3.05, 3.63) is 42.9 Å². The maximum absolute atomic E-state index is 4.21. The molecule has 1 aromatic heterocycles. The first-order valence-electron chi connectivity index (χ1n) is 4.32. The molecule has 0 saturated carbocycles. The molecule has 1 N–H and O–H groups in total. The van der Waals surface area contributed by atoms with Crippen LogP contribution in [-0.4, -0.2) is 22.0 Å². The molecule has 0 aliphatic carbocycles. The molecule has 1 radical (unpaired) electrons. The fourth-order valence-electron chi connectivity index (χ4n) is 1.18. The minimum Gasteiger partial charge on any atom is -0.370 e. The van der Waals surface area contributed by atoms with E-state index in [1.165, 1.54) is 0 Å². The molecule has 0 aliphatic heterocycles. The van der Waals surface area contributed by atoms with Gasteiger partial charge in [-0.05, 0) is 24.6 Å². The van der Waals surface area contributed by atoms with Gasteiger partial charge in [0.2, 0.25) is 0 Å². The number of rotatable bonds is 2. The van der Waals surface area contributed by atoms with Crippen LogP contribution < -0.4 is 5.32 Å². The first-order chi connectivity index (χ1) is 6.79. The van der Waals surface area contributed by atoms with Crippen molar-refractivity contribution >= 4 is 5.82 Å². The van der Waals surface area contributed by atoms with Crippen LogP contribution in [0.1, 0.15) is 5.56 Å². The van der Waals surface area contributed by atoms with Crippen LogP contribution in [0.15, 0.2) is 30.5 Å². The first kappa shape index (κ1) is 8.74. The molecular formula is C10H11N4. The topological polar surface area (TPSA) is 42.7 Å². The van der Waals surface area contributed by atoms with Gasteiger partial charge in [0.25, 0.3) is 0 Å². The van der Waals surface area contributed by atoms with Crippen LogP contribution in [-0.2, 0) is 0 Å². The van der Waals surface area contributed by atoms with Gasteiger partial charge >= 0.3 is 0 Å². The van der Waals surface area contributed by atoms with Crippen molar-refractivity contribution in [2.24, 2.45) is 0 Å². The minimum atomic E-state index is 0.750. The maximum atomic E-state index is 4.21. The van der Waals surface area contributed by atoms with Gasteiger partial charge in [0.05, 0.1) is 11.9 Å². The van der Waals surface area contributed by atoms with Crippen molar-refractivity contribution in [3.63, 3.8) is 0 Å². The Hall–Kier alpha value is -1.84. The van der Waals surface area contributed by atoms with E-state index in [4.69, 9.17) is 0 Å². The second-order valence-electron chi connectivity index (χ2n) is 2.94. The quantitative estimate of drug-likeness (QED) is 0.774. The smallest absolute Gasteiger partial charge is 0.168 e. The van der Waals surface area contributed by atoms with Gasteiger partial charge in [-0.1, -0.05) is 12.1 Å². The number of benzene rings is 1. The van der Waals surface area contributed by atoms with Gasteiger partial charge < -0.3 is 5.32 Å². The number of aromatic nitrogens is 3. The highest BCUT2D eigenvalue weighted by molar-refractivity contribution is 5.37. The lowest BCUT2D eigenvalue weighted by Gasteiger charge is -1.99. The van der Waals surface area contributed by atoms with Gasteiger partial charge in [-0.15, -0.1) is 9.90 Å². The Bertz CT molecular complexity index is 433. The molecule has 0 atom stereocenters. The number of hydrogen-bond donors (Lipinski definition) is 1. The van der Waals surface area contributed by atoms with Gasteiger partial charge in [-0.25, -0.2) is 0 Å². The van der Waals surface area contributed by atoms with E-state index in [9.17, 15) is 0 Å². The van der Waals surface area contributed by atoms with Crippen molar-refractivity contribution in [2.45, 2.75) is 0 Å². The van der Waals surface area contributed by atoms with Crippen LogP contribution in [0.2, 0.25) is 0 Å². The summed E-state index contributed by atoms with van der Waals surface area (Å²) in [6.45, 7) is 3.85. The molecule has 0 bridgehead atoms. The molecule has 2 rings (SSSR count). The normalized spacial score (nSPS) is 10.1. The van der Waals surface area contributed by atoms with Gasteiger partial charge in [0.15, 0.2) is 5.82 Å². The van der Waals surface area contributed by atoms with E-state index < -0.39 is 0 Å². The van der Waals surface area contributed by atoms with Crippen molar-refractivity contribution in [1.82, 2.24) is 15.0 Å². The van der Waals surface area contributed by atoms with Gasteiger partial charge in [0, 0.05) is 7.05 Å². The molecule has 4 nitrogen and oxygen atoms in total. The molecule has 4 heteroatoms. The Kier molecular flexibility index (Phi) is 2.18. The average molecular weight is 187 g/mol. The molecule has 0 aliphatic rings.